The summed E-state index contributed by atoms with van der Waals surface area (Å²) in [5.41, 5.74) is 10.3. The van der Waals surface area contributed by atoms with E-state index in [1.54, 1.807) is 0 Å². The predicted molar refractivity (Wildman–Crippen MR) is 219 cm³/mol. The highest BCUT2D eigenvalue weighted by atomic mass is 16.3. The third kappa shape index (κ3) is 3.46. The molecule has 0 fully saturated rings. The molecular weight excluding hydrogens is 649 g/mol. The highest BCUT2D eigenvalue weighted by Gasteiger charge is 2.24. The third-order valence-corrected chi connectivity index (χ3v) is 11.4. The second-order valence-electron chi connectivity index (χ2n) is 14.1. The van der Waals surface area contributed by atoms with Gasteiger partial charge in [0.05, 0.1) is 38.8 Å². The molecule has 0 amide bonds. The van der Waals surface area contributed by atoms with Crippen LogP contribution in [0.5, 0.6) is 0 Å². The first-order valence-corrected chi connectivity index (χ1v) is 18.0. The highest BCUT2D eigenvalue weighted by Crippen LogP contribution is 2.45. The van der Waals surface area contributed by atoms with Crippen molar-refractivity contribution in [3.63, 3.8) is 0 Å². The second-order valence-corrected chi connectivity index (χ2v) is 14.1. The van der Waals surface area contributed by atoms with Crippen LogP contribution in [-0.2, 0) is 0 Å². The number of furan rings is 1. The quantitative estimate of drug-likeness (QED) is 0.172. The second kappa shape index (κ2) is 9.75. The van der Waals surface area contributed by atoms with Gasteiger partial charge in [-0.05, 0) is 52.6 Å². The Balaban J connectivity index is 1.22. The Morgan fingerprint density at radius 1 is 0.415 bits per heavy atom. The molecule has 0 aliphatic rings. The zero-order chi connectivity index (χ0) is 34.4. The molecule has 0 aliphatic heterocycles. The molecule has 0 N–H and O–H groups in total. The van der Waals surface area contributed by atoms with Crippen LogP contribution < -0.4 is 0 Å². The van der Waals surface area contributed by atoms with Gasteiger partial charge in [0.2, 0.25) is 5.95 Å². The van der Waals surface area contributed by atoms with Crippen LogP contribution in [-0.4, -0.2) is 18.9 Å². The van der Waals surface area contributed by atoms with E-state index < -0.39 is 0 Å². The molecule has 8 aromatic carbocycles. The molecule has 0 saturated heterocycles. The normalized spacial score (nSPS) is 12.5. The average molecular weight is 675 g/mol. The Bertz CT molecular complexity index is 3680. The molecule has 5 aromatic heterocycles. The van der Waals surface area contributed by atoms with E-state index in [0.29, 0.717) is 5.95 Å². The van der Waals surface area contributed by atoms with E-state index >= 15 is 0 Å². The van der Waals surface area contributed by atoms with Gasteiger partial charge in [0, 0.05) is 54.7 Å². The summed E-state index contributed by atoms with van der Waals surface area (Å²) in [6.07, 6.45) is 0. The fourth-order valence-corrected chi connectivity index (χ4v) is 9.26. The first kappa shape index (κ1) is 27.5. The molecule has 13 rings (SSSR count). The summed E-state index contributed by atoms with van der Waals surface area (Å²) >= 11 is 0. The topological polar surface area (TPSA) is 48.3 Å². The van der Waals surface area contributed by atoms with E-state index in [4.69, 9.17) is 14.4 Å². The summed E-state index contributed by atoms with van der Waals surface area (Å²) in [7, 11) is 0. The van der Waals surface area contributed by atoms with Gasteiger partial charge in [0.1, 0.15) is 11.2 Å². The minimum Gasteiger partial charge on any atom is -0.456 e. The number of benzene rings is 8. The maximum atomic E-state index is 6.47. The van der Waals surface area contributed by atoms with E-state index in [-0.39, 0.29) is 0 Å². The van der Waals surface area contributed by atoms with Crippen molar-refractivity contribution in [1.29, 1.82) is 0 Å². The van der Waals surface area contributed by atoms with Crippen LogP contribution in [0.25, 0.3) is 121 Å². The monoisotopic (exact) mass is 674 g/mol. The fraction of sp³-hybridized carbons (Fsp3) is 0. The largest absolute Gasteiger partial charge is 0.456 e. The van der Waals surface area contributed by atoms with Crippen molar-refractivity contribution in [3.05, 3.63) is 158 Å². The van der Waals surface area contributed by atoms with Crippen molar-refractivity contribution in [2.24, 2.45) is 0 Å². The maximum absolute atomic E-state index is 6.47. The lowest BCUT2D eigenvalue weighted by Crippen LogP contribution is -2.04. The molecule has 53 heavy (non-hydrogen) atoms. The molecule has 5 heterocycles. The van der Waals surface area contributed by atoms with Gasteiger partial charge in [-0.25, -0.2) is 9.97 Å². The summed E-state index contributed by atoms with van der Waals surface area (Å²) in [6, 6.07) is 56.3. The van der Waals surface area contributed by atoms with E-state index in [2.05, 4.69) is 161 Å². The van der Waals surface area contributed by atoms with E-state index in [1.807, 2.05) is 6.07 Å². The van der Waals surface area contributed by atoms with E-state index in [1.165, 1.54) is 43.2 Å². The Kier molecular flexibility index (Phi) is 5.06. The summed E-state index contributed by atoms with van der Waals surface area (Å²) in [6.45, 7) is 0. The number of fused-ring (bicyclic) bond motifs is 11. The van der Waals surface area contributed by atoms with Crippen LogP contribution in [0.3, 0.4) is 0 Å². The molecular formula is C48H26N4O. The minimum atomic E-state index is 0.654. The van der Waals surface area contributed by atoms with Crippen molar-refractivity contribution in [1.82, 2.24) is 18.9 Å². The summed E-state index contributed by atoms with van der Waals surface area (Å²) in [5.74, 6) is 0.654. The molecule has 5 nitrogen and oxygen atoms in total. The lowest BCUT2D eigenvalue weighted by atomic mass is 10.0. The molecule has 0 bridgehead atoms. The van der Waals surface area contributed by atoms with Gasteiger partial charge in [-0.3, -0.25) is 4.57 Å². The van der Waals surface area contributed by atoms with Crippen molar-refractivity contribution < 1.29 is 4.42 Å². The van der Waals surface area contributed by atoms with Gasteiger partial charge in [-0.1, -0.05) is 115 Å². The Morgan fingerprint density at radius 3 is 2.02 bits per heavy atom. The molecule has 13 aromatic rings. The SMILES string of the molecule is c1ccc(-c2nc(-n3c4cccc5c6cccc7c8cc9c(cc8n(c8cccc3c8c54)c67)oc3ccccc39)nc3ccc4ccccc4c23)cc1. The molecule has 0 saturated carbocycles. The maximum Gasteiger partial charge on any atom is 0.235 e. The highest BCUT2D eigenvalue weighted by molar-refractivity contribution is 6.32. The van der Waals surface area contributed by atoms with Crippen molar-refractivity contribution in [2.45, 2.75) is 0 Å². The molecule has 0 unspecified atom stereocenters. The third-order valence-electron chi connectivity index (χ3n) is 11.4. The molecule has 5 heteroatoms. The number of hydrogen-bond acceptors (Lipinski definition) is 3. The van der Waals surface area contributed by atoms with E-state index in [9.17, 15) is 0 Å². The summed E-state index contributed by atoms with van der Waals surface area (Å²) in [5, 5.41) is 12.9. The smallest absolute Gasteiger partial charge is 0.235 e. The summed E-state index contributed by atoms with van der Waals surface area (Å²) < 4.78 is 11.2. The number of aromatic nitrogens is 4. The van der Waals surface area contributed by atoms with Crippen LogP contribution in [0.15, 0.2) is 162 Å². The number of hydrogen-bond donors (Lipinski definition) is 0. The Labute approximate surface area is 300 Å². The average Bonchev–Trinajstić information content (AvgIpc) is 3.84. The van der Waals surface area contributed by atoms with Gasteiger partial charge >= 0.3 is 0 Å². The van der Waals surface area contributed by atoms with Gasteiger partial charge in [0.15, 0.2) is 0 Å². The van der Waals surface area contributed by atoms with Crippen LogP contribution in [0.2, 0.25) is 0 Å². The lowest BCUT2D eigenvalue weighted by Gasteiger charge is -2.13. The van der Waals surface area contributed by atoms with Crippen LogP contribution in [0, 0.1) is 0 Å². The Hall–Kier alpha value is -7.24. The molecule has 0 radical (unpaired) electrons. The Morgan fingerprint density at radius 2 is 1.11 bits per heavy atom. The fourth-order valence-electron chi connectivity index (χ4n) is 9.26. The zero-order valence-electron chi connectivity index (χ0n) is 28.2. The van der Waals surface area contributed by atoms with Crippen molar-refractivity contribution in [2.75, 3.05) is 0 Å². The van der Waals surface area contributed by atoms with Crippen LogP contribution in [0.1, 0.15) is 0 Å². The standard InChI is InChI=1S/C48H26N4O/c1-2-12-28(13-3-1)46-43-29-14-5-4-11-27(29)23-24-36(43)49-48(50-46)52-37-19-9-16-31-32-17-8-18-33-34-25-35-30-15-6-7-22-41(30)53-42(35)26-40(34)51(47(32)33)38-20-10-21-39(52)45(38)44(31)37/h1-26H. The molecule has 0 aliphatic carbocycles. The predicted octanol–water partition coefficient (Wildman–Crippen LogP) is 12.6. The van der Waals surface area contributed by atoms with Gasteiger partial charge in [-0.2, -0.15) is 0 Å². The first-order chi connectivity index (χ1) is 26.3. The van der Waals surface area contributed by atoms with Crippen molar-refractivity contribution in [3.8, 4) is 17.2 Å². The zero-order valence-corrected chi connectivity index (χ0v) is 28.2. The summed E-state index contributed by atoms with van der Waals surface area (Å²) in [4.78, 5) is 10.8. The molecule has 244 valence electrons. The van der Waals surface area contributed by atoms with E-state index in [0.717, 1.165) is 71.6 Å². The van der Waals surface area contributed by atoms with Crippen LogP contribution >= 0.6 is 0 Å². The van der Waals surface area contributed by atoms with Gasteiger partial charge in [-0.15, -0.1) is 0 Å². The minimum absolute atomic E-state index is 0.654. The number of nitrogens with zero attached hydrogens (tertiary/aromatic N) is 4. The molecule has 0 atom stereocenters. The first-order valence-electron chi connectivity index (χ1n) is 18.0. The van der Waals surface area contributed by atoms with Gasteiger partial charge in [0.25, 0.3) is 0 Å². The number of para-hydroxylation sites is 2. The lowest BCUT2D eigenvalue weighted by molar-refractivity contribution is 0.669. The van der Waals surface area contributed by atoms with Gasteiger partial charge < -0.3 is 8.82 Å². The van der Waals surface area contributed by atoms with Crippen LogP contribution in [0.4, 0.5) is 0 Å². The van der Waals surface area contributed by atoms with Crippen molar-refractivity contribution >= 4 is 104 Å². The molecule has 0 spiro atoms. The number of rotatable bonds is 2.